The van der Waals surface area contributed by atoms with Gasteiger partial charge in [0.2, 0.25) is 5.91 Å². The van der Waals surface area contributed by atoms with E-state index in [1.165, 1.54) is 18.5 Å². The molecule has 38 heavy (non-hydrogen) atoms. The maximum Gasteiger partial charge on any atom is 0.271 e. The highest BCUT2D eigenvalue weighted by Gasteiger charge is 2.13. The summed E-state index contributed by atoms with van der Waals surface area (Å²) in [5, 5.41) is 3.18. The van der Waals surface area contributed by atoms with Crippen LogP contribution in [0.1, 0.15) is 35.2 Å². The minimum absolute atomic E-state index is 0.0162. The SMILES string of the molecule is C=CC(=O)NCCC#Cc1cccc2nc(CC)n(-c3ccccc3)c(=O)c12.NC(=O)c1nccnc1N. The summed E-state index contributed by atoms with van der Waals surface area (Å²) in [7, 11) is 0. The highest BCUT2D eigenvalue weighted by atomic mass is 16.2. The number of benzene rings is 2. The van der Waals surface area contributed by atoms with E-state index in [1.54, 1.807) is 4.57 Å². The molecule has 2 heterocycles. The van der Waals surface area contributed by atoms with Gasteiger partial charge in [-0.3, -0.25) is 19.0 Å². The van der Waals surface area contributed by atoms with E-state index < -0.39 is 5.91 Å². The van der Waals surface area contributed by atoms with Gasteiger partial charge in [-0.2, -0.15) is 0 Å². The average molecular weight is 510 g/mol. The van der Waals surface area contributed by atoms with Gasteiger partial charge in [0, 0.05) is 37.3 Å². The molecule has 2 aromatic carbocycles. The minimum atomic E-state index is -0.661. The zero-order valence-electron chi connectivity index (χ0n) is 20.8. The standard InChI is InChI=1S/C23H21N3O2.C5H6N4O/c1-3-20-25-19-15-10-12-17(11-8-9-16-24-21(27)4-2)22(19)23(28)26(20)18-13-6-5-7-14-18;6-4-3(5(7)10)8-1-2-9-4/h4-7,10,12-15H,2-3,9,16H2,1H3,(H,24,27);1-2H,(H2,6,9)(H2,7,10). The van der Waals surface area contributed by atoms with Crippen LogP contribution >= 0.6 is 0 Å². The molecule has 0 fully saturated rings. The Morgan fingerprint density at radius 1 is 1.11 bits per heavy atom. The maximum absolute atomic E-state index is 13.3. The number of nitrogens with one attached hydrogen (secondary N) is 1. The Morgan fingerprint density at radius 3 is 2.47 bits per heavy atom. The number of rotatable bonds is 6. The normalized spacial score (nSPS) is 9.92. The van der Waals surface area contributed by atoms with Crippen LogP contribution in [0.2, 0.25) is 0 Å². The molecule has 5 N–H and O–H groups in total. The van der Waals surface area contributed by atoms with E-state index >= 15 is 0 Å². The zero-order valence-corrected chi connectivity index (χ0v) is 20.8. The van der Waals surface area contributed by atoms with Gasteiger partial charge in [-0.25, -0.2) is 15.0 Å². The van der Waals surface area contributed by atoms with Crippen molar-refractivity contribution in [1.29, 1.82) is 0 Å². The lowest BCUT2D eigenvalue weighted by molar-refractivity contribution is -0.116. The van der Waals surface area contributed by atoms with Crippen LogP contribution < -0.4 is 22.3 Å². The summed E-state index contributed by atoms with van der Waals surface area (Å²) < 4.78 is 1.65. The lowest BCUT2D eigenvalue weighted by Crippen LogP contribution is -2.24. The number of para-hydroxylation sites is 1. The molecule has 0 unspecified atom stereocenters. The number of hydrogen-bond acceptors (Lipinski definition) is 7. The summed E-state index contributed by atoms with van der Waals surface area (Å²) in [6, 6.07) is 15.0. The fraction of sp³-hybridized carbons (Fsp3) is 0.143. The Balaban J connectivity index is 0.000000336. The highest BCUT2D eigenvalue weighted by Crippen LogP contribution is 2.16. The van der Waals surface area contributed by atoms with Crippen LogP contribution in [0.5, 0.6) is 0 Å². The van der Waals surface area contributed by atoms with Crippen molar-refractivity contribution in [1.82, 2.24) is 24.8 Å². The molecule has 0 atom stereocenters. The van der Waals surface area contributed by atoms with Crippen LogP contribution in [0.3, 0.4) is 0 Å². The molecule has 0 aliphatic rings. The molecule has 0 radical (unpaired) electrons. The monoisotopic (exact) mass is 509 g/mol. The van der Waals surface area contributed by atoms with Crippen LogP contribution in [0.4, 0.5) is 5.82 Å². The van der Waals surface area contributed by atoms with Crippen LogP contribution in [0.25, 0.3) is 16.6 Å². The lowest BCUT2D eigenvalue weighted by atomic mass is 10.1. The first kappa shape index (κ1) is 27.3. The molecule has 2 amide bonds. The molecule has 0 saturated heterocycles. The predicted octanol–water partition coefficient (Wildman–Crippen LogP) is 2.15. The summed E-state index contributed by atoms with van der Waals surface area (Å²) in [5.74, 6) is 5.95. The number of carbonyl (C=O) groups excluding carboxylic acids is 2. The van der Waals surface area contributed by atoms with Gasteiger partial charge in [-0.05, 0) is 30.3 Å². The van der Waals surface area contributed by atoms with Crippen molar-refractivity contribution in [2.24, 2.45) is 5.73 Å². The number of aryl methyl sites for hydroxylation is 1. The predicted molar refractivity (Wildman–Crippen MR) is 146 cm³/mol. The van der Waals surface area contributed by atoms with E-state index in [4.69, 9.17) is 16.5 Å². The molecule has 0 aliphatic carbocycles. The second kappa shape index (κ2) is 13.1. The first-order valence-electron chi connectivity index (χ1n) is 11.7. The Bertz CT molecular complexity index is 1590. The summed E-state index contributed by atoms with van der Waals surface area (Å²) in [6.45, 7) is 5.81. The molecular formula is C28H27N7O3. The average Bonchev–Trinajstić information content (AvgIpc) is 2.93. The molecule has 10 nitrogen and oxygen atoms in total. The molecule has 2 aromatic heterocycles. The fourth-order valence-electron chi connectivity index (χ4n) is 3.48. The van der Waals surface area contributed by atoms with Gasteiger partial charge < -0.3 is 16.8 Å². The van der Waals surface area contributed by atoms with E-state index in [2.05, 4.69) is 33.7 Å². The summed E-state index contributed by atoms with van der Waals surface area (Å²) in [4.78, 5) is 46.9. The minimum Gasteiger partial charge on any atom is -0.382 e. The summed E-state index contributed by atoms with van der Waals surface area (Å²) >= 11 is 0. The van der Waals surface area contributed by atoms with Gasteiger partial charge in [-0.1, -0.05) is 49.6 Å². The fourth-order valence-corrected chi connectivity index (χ4v) is 3.48. The lowest BCUT2D eigenvalue weighted by Gasteiger charge is -2.13. The van der Waals surface area contributed by atoms with Gasteiger partial charge in [0.05, 0.1) is 16.6 Å². The number of primary amides is 1. The van der Waals surface area contributed by atoms with Crippen molar-refractivity contribution >= 4 is 28.5 Å². The first-order valence-corrected chi connectivity index (χ1v) is 11.7. The third kappa shape index (κ3) is 6.67. The van der Waals surface area contributed by atoms with E-state index in [1.807, 2.05) is 55.5 Å². The van der Waals surface area contributed by atoms with Gasteiger partial charge in [0.15, 0.2) is 11.5 Å². The van der Waals surface area contributed by atoms with E-state index in [9.17, 15) is 14.4 Å². The van der Waals surface area contributed by atoms with Gasteiger partial charge in [0.1, 0.15) is 5.82 Å². The van der Waals surface area contributed by atoms with Gasteiger partial charge >= 0.3 is 0 Å². The number of nitrogen functional groups attached to an aromatic ring is 1. The summed E-state index contributed by atoms with van der Waals surface area (Å²) in [6.07, 6.45) is 5.09. The smallest absolute Gasteiger partial charge is 0.271 e. The largest absolute Gasteiger partial charge is 0.382 e. The van der Waals surface area contributed by atoms with Crippen LogP contribution in [0.15, 0.2) is 78.4 Å². The van der Waals surface area contributed by atoms with Crippen LogP contribution in [-0.2, 0) is 11.2 Å². The molecule has 4 aromatic rings. The molecule has 0 bridgehead atoms. The number of aromatic nitrogens is 4. The Hall–Kier alpha value is -5.30. The second-order valence-electron chi connectivity index (χ2n) is 7.76. The molecule has 4 rings (SSSR count). The zero-order chi connectivity index (χ0) is 27.5. The highest BCUT2D eigenvalue weighted by molar-refractivity contribution is 5.94. The number of hydrogen-bond donors (Lipinski definition) is 3. The number of nitrogens with zero attached hydrogens (tertiary/aromatic N) is 4. The third-order valence-corrected chi connectivity index (χ3v) is 5.22. The van der Waals surface area contributed by atoms with Crippen molar-refractivity contribution in [2.75, 3.05) is 12.3 Å². The molecule has 10 heteroatoms. The number of fused-ring (bicyclic) bond motifs is 1. The first-order chi connectivity index (χ1) is 18.4. The van der Waals surface area contributed by atoms with Crippen molar-refractivity contribution in [2.45, 2.75) is 19.8 Å². The topological polar surface area (TPSA) is 159 Å². The van der Waals surface area contributed by atoms with Crippen LogP contribution in [0, 0.1) is 11.8 Å². The molecular weight excluding hydrogens is 482 g/mol. The second-order valence-corrected chi connectivity index (χ2v) is 7.76. The van der Waals surface area contributed by atoms with E-state index in [0.29, 0.717) is 41.7 Å². The van der Waals surface area contributed by atoms with Gasteiger partial charge in [0.25, 0.3) is 11.5 Å². The Labute approximate surface area is 219 Å². The quantitative estimate of drug-likeness (QED) is 0.204. The van der Waals surface area contributed by atoms with Crippen LogP contribution in [-0.4, -0.2) is 37.9 Å². The van der Waals surface area contributed by atoms with Crippen molar-refractivity contribution < 1.29 is 9.59 Å². The molecule has 0 aliphatic heterocycles. The van der Waals surface area contributed by atoms with Crippen molar-refractivity contribution in [3.05, 3.63) is 101 Å². The molecule has 0 saturated carbocycles. The number of carbonyl (C=O) groups is 2. The third-order valence-electron chi connectivity index (χ3n) is 5.22. The maximum atomic E-state index is 13.3. The van der Waals surface area contributed by atoms with Crippen molar-refractivity contribution in [3.8, 4) is 17.5 Å². The summed E-state index contributed by atoms with van der Waals surface area (Å²) in [5.41, 5.74) is 12.1. The number of amides is 2. The number of nitrogens with two attached hydrogens (primary N) is 2. The number of anilines is 1. The van der Waals surface area contributed by atoms with E-state index in [-0.39, 0.29) is 23.0 Å². The Kier molecular flexibility index (Phi) is 9.43. The van der Waals surface area contributed by atoms with E-state index in [0.717, 1.165) is 5.69 Å². The molecule has 192 valence electrons. The van der Waals surface area contributed by atoms with Gasteiger partial charge in [-0.15, -0.1) is 0 Å². The van der Waals surface area contributed by atoms with Crippen molar-refractivity contribution in [3.63, 3.8) is 0 Å². The Morgan fingerprint density at radius 2 is 1.84 bits per heavy atom. The molecule has 0 spiro atoms.